The highest BCUT2D eigenvalue weighted by Crippen LogP contribution is 2.29. The highest BCUT2D eigenvalue weighted by atomic mass is 35.5. The van der Waals surface area contributed by atoms with Gasteiger partial charge in [0.2, 0.25) is 6.29 Å². The molecular formula is C10H10ClO3S. The van der Waals surface area contributed by atoms with Crippen LogP contribution in [0.4, 0.5) is 0 Å². The predicted molar refractivity (Wildman–Crippen MR) is 59.3 cm³/mol. The standard InChI is InChI=1S/C10H10ClO3S/c1-2-15(13,14)10(11)9-6-4-3-5-8(9)7-12/h3-6,10H,2H2,1H3. The van der Waals surface area contributed by atoms with E-state index in [1.165, 1.54) is 19.1 Å². The molecule has 0 aliphatic carbocycles. The number of sulfone groups is 1. The monoisotopic (exact) mass is 245 g/mol. The lowest BCUT2D eigenvalue weighted by Gasteiger charge is -2.11. The predicted octanol–water partition coefficient (Wildman–Crippen LogP) is 1.82. The Kier molecular flexibility index (Phi) is 3.88. The molecule has 0 aliphatic rings. The Morgan fingerprint density at radius 2 is 2.00 bits per heavy atom. The number of alkyl halides is 1. The highest BCUT2D eigenvalue weighted by molar-refractivity contribution is 7.92. The summed E-state index contributed by atoms with van der Waals surface area (Å²) in [6, 6.07) is 6.27. The van der Waals surface area contributed by atoms with Crippen LogP contribution in [0.1, 0.15) is 22.8 Å². The number of halogens is 1. The van der Waals surface area contributed by atoms with Gasteiger partial charge in [-0.2, -0.15) is 0 Å². The van der Waals surface area contributed by atoms with Crippen molar-refractivity contribution in [2.75, 3.05) is 5.75 Å². The first-order valence-electron chi connectivity index (χ1n) is 4.35. The number of hydrogen-bond donors (Lipinski definition) is 0. The molecule has 1 aromatic carbocycles. The van der Waals surface area contributed by atoms with Gasteiger partial charge in [-0.25, -0.2) is 8.42 Å². The smallest absolute Gasteiger partial charge is 0.233 e. The summed E-state index contributed by atoms with van der Waals surface area (Å²) in [5, 5.41) is 0. The summed E-state index contributed by atoms with van der Waals surface area (Å²) in [4.78, 5) is 10.6. The summed E-state index contributed by atoms with van der Waals surface area (Å²) in [5.74, 6) is -0.0612. The van der Waals surface area contributed by atoms with E-state index in [9.17, 15) is 13.2 Å². The Bertz CT molecular complexity index is 453. The third-order valence-corrected chi connectivity index (χ3v) is 4.77. The van der Waals surface area contributed by atoms with E-state index >= 15 is 0 Å². The Morgan fingerprint density at radius 1 is 1.40 bits per heavy atom. The first kappa shape index (κ1) is 12.2. The lowest BCUT2D eigenvalue weighted by Crippen LogP contribution is -2.12. The van der Waals surface area contributed by atoms with Gasteiger partial charge in [-0.1, -0.05) is 31.2 Å². The van der Waals surface area contributed by atoms with Crippen LogP contribution in [0.2, 0.25) is 0 Å². The van der Waals surface area contributed by atoms with Crippen molar-refractivity contribution >= 4 is 27.7 Å². The lowest BCUT2D eigenvalue weighted by atomic mass is 10.1. The van der Waals surface area contributed by atoms with Crippen LogP contribution in [-0.4, -0.2) is 20.5 Å². The average molecular weight is 246 g/mol. The molecule has 1 atom stereocenters. The molecule has 0 N–H and O–H groups in total. The molecular weight excluding hydrogens is 236 g/mol. The Balaban J connectivity index is 3.22. The van der Waals surface area contributed by atoms with E-state index < -0.39 is 14.5 Å². The average Bonchev–Trinajstić information content (AvgIpc) is 2.28. The van der Waals surface area contributed by atoms with Gasteiger partial charge < -0.3 is 0 Å². The van der Waals surface area contributed by atoms with Gasteiger partial charge in [0.1, 0.15) is 0 Å². The van der Waals surface area contributed by atoms with Crippen molar-refractivity contribution in [2.24, 2.45) is 0 Å². The summed E-state index contributed by atoms with van der Waals surface area (Å²) in [5.41, 5.74) is 0.477. The molecule has 3 nitrogen and oxygen atoms in total. The fourth-order valence-electron chi connectivity index (χ4n) is 1.13. The first-order valence-corrected chi connectivity index (χ1v) is 6.51. The third kappa shape index (κ3) is 2.58. The molecule has 1 aromatic rings. The number of hydrogen-bond acceptors (Lipinski definition) is 3. The molecule has 1 radical (unpaired) electrons. The van der Waals surface area contributed by atoms with Gasteiger partial charge in [0, 0.05) is 11.3 Å². The van der Waals surface area contributed by atoms with Crippen LogP contribution in [0.5, 0.6) is 0 Å². The minimum atomic E-state index is -3.40. The fourth-order valence-corrected chi connectivity index (χ4v) is 2.58. The zero-order valence-corrected chi connectivity index (χ0v) is 9.68. The normalized spacial score (nSPS) is 13.5. The molecule has 0 amide bonds. The summed E-state index contributed by atoms with van der Waals surface area (Å²) >= 11 is 5.82. The van der Waals surface area contributed by atoms with Crippen molar-refractivity contribution in [1.29, 1.82) is 0 Å². The largest absolute Gasteiger partial charge is 0.285 e. The van der Waals surface area contributed by atoms with Gasteiger partial charge in [0.05, 0.1) is 0 Å². The summed E-state index contributed by atoms with van der Waals surface area (Å²) in [7, 11) is -3.40. The van der Waals surface area contributed by atoms with Crippen molar-refractivity contribution in [1.82, 2.24) is 0 Å². The van der Waals surface area contributed by atoms with Gasteiger partial charge in [-0.05, 0) is 5.56 Å². The lowest BCUT2D eigenvalue weighted by molar-refractivity contribution is 0.562. The first-order chi connectivity index (χ1) is 7.03. The minimum Gasteiger partial charge on any atom is -0.285 e. The molecule has 1 unspecified atom stereocenters. The maximum Gasteiger partial charge on any atom is 0.233 e. The van der Waals surface area contributed by atoms with Crippen molar-refractivity contribution in [3.8, 4) is 0 Å². The quantitative estimate of drug-likeness (QED) is 0.761. The van der Waals surface area contributed by atoms with Crippen LogP contribution in [-0.2, 0) is 14.6 Å². The van der Waals surface area contributed by atoms with Gasteiger partial charge in [-0.15, -0.1) is 11.6 Å². The van der Waals surface area contributed by atoms with Crippen LogP contribution in [0, 0.1) is 0 Å². The van der Waals surface area contributed by atoms with E-state index in [1.807, 2.05) is 0 Å². The van der Waals surface area contributed by atoms with Crippen LogP contribution in [0.15, 0.2) is 24.3 Å². The third-order valence-electron chi connectivity index (χ3n) is 2.03. The van der Waals surface area contributed by atoms with Gasteiger partial charge in [0.25, 0.3) is 0 Å². The van der Waals surface area contributed by atoms with Gasteiger partial charge in [0.15, 0.2) is 14.5 Å². The topological polar surface area (TPSA) is 51.2 Å². The molecule has 5 heteroatoms. The van der Waals surface area contributed by atoms with Crippen molar-refractivity contribution in [3.63, 3.8) is 0 Å². The van der Waals surface area contributed by atoms with E-state index in [4.69, 9.17) is 11.6 Å². The fraction of sp³-hybridized carbons (Fsp3) is 0.300. The minimum absolute atomic E-state index is 0.0612. The molecule has 0 fully saturated rings. The molecule has 15 heavy (non-hydrogen) atoms. The van der Waals surface area contributed by atoms with E-state index in [1.54, 1.807) is 18.4 Å². The molecule has 0 saturated carbocycles. The van der Waals surface area contributed by atoms with Gasteiger partial charge in [-0.3, -0.25) is 4.79 Å². The maximum atomic E-state index is 11.5. The van der Waals surface area contributed by atoms with Crippen LogP contribution < -0.4 is 0 Å². The molecule has 0 aliphatic heterocycles. The molecule has 0 spiro atoms. The molecule has 1 rings (SSSR count). The molecule has 81 valence electrons. The second-order valence-electron chi connectivity index (χ2n) is 2.96. The van der Waals surface area contributed by atoms with Crippen molar-refractivity contribution in [2.45, 2.75) is 11.6 Å². The molecule has 0 aromatic heterocycles. The number of rotatable bonds is 4. The summed E-state index contributed by atoms with van der Waals surface area (Å²) < 4.78 is 21.8. The Hall–Kier alpha value is -0.870. The number of benzene rings is 1. The SMILES string of the molecule is CCS(=O)(=O)C(Cl)c1ccccc1[C]=O. The Labute approximate surface area is 94.0 Å². The molecule has 0 saturated heterocycles. The van der Waals surface area contributed by atoms with Crippen LogP contribution in [0.3, 0.4) is 0 Å². The Morgan fingerprint density at radius 3 is 2.53 bits per heavy atom. The van der Waals surface area contributed by atoms with E-state index in [-0.39, 0.29) is 16.9 Å². The molecule has 0 bridgehead atoms. The van der Waals surface area contributed by atoms with E-state index in [0.717, 1.165) is 0 Å². The zero-order valence-electron chi connectivity index (χ0n) is 8.10. The second-order valence-corrected chi connectivity index (χ2v) is 6.03. The summed E-state index contributed by atoms with van der Waals surface area (Å²) in [6.07, 6.45) is 1.67. The van der Waals surface area contributed by atoms with E-state index in [0.29, 0.717) is 0 Å². The zero-order chi connectivity index (χ0) is 11.5. The van der Waals surface area contributed by atoms with Crippen LogP contribution >= 0.6 is 11.6 Å². The molecule has 0 heterocycles. The van der Waals surface area contributed by atoms with Gasteiger partial charge >= 0.3 is 0 Å². The van der Waals surface area contributed by atoms with Crippen molar-refractivity contribution < 1.29 is 13.2 Å². The summed E-state index contributed by atoms with van der Waals surface area (Å²) in [6.45, 7) is 1.51. The van der Waals surface area contributed by atoms with E-state index in [2.05, 4.69) is 0 Å². The van der Waals surface area contributed by atoms with Crippen molar-refractivity contribution in [3.05, 3.63) is 35.4 Å². The highest BCUT2D eigenvalue weighted by Gasteiger charge is 2.24. The maximum absolute atomic E-state index is 11.5. The number of carbonyl (C=O) groups excluding carboxylic acids is 1. The second kappa shape index (κ2) is 4.77. The van der Waals surface area contributed by atoms with Crippen LogP contribution in [0.25, 0.3) is 0 Å².